The SMILES string of the molecule is COc1cc(OC)c([N+](=O)[O-])cc1/C=N/NC(=O)c1ccc2c(c1)OCCO2. The van der Waals surface area contributed by atoms with Crippen molar-refractivity contribution in [3.8, 4) is 23.0 Å². The number of nitrogens with one attached hydrogen (secondary N) is 1. The summed E-state index contributed by atoms with van der Waals surface area (Å²) in [5.41, 5.74) is 2.74. The van der Waals surface area contributed by atoms with Gasteiger partial charge in [-0.15, -0.1) is 0 Å². The number of nitrogens with zero attached hydrogens (tertiary/aromatic N) is 2. The minimum atomic E-state index is -0.580. The van der Waals surface area contributed by atoms with Crippen molar-refractivity contribution >= 4 is 17.8 Å². The van der Waals surface area contributed by atoms with E-state index >= 15 is 0 Å². The molecule has 0 radical (unpaired) electrons. The standard InChI is InChI=1S/C18H17N3O7/c1-25-15-9-16(26-2)13(21(23)24)7-12(15)10-19-20-18(22)11-3-4-14-17(8-11)28-6-5-27-14/h3-4,7-10H,5-6H2,1-2H3,(H,20,22)/b19-10+. The molecule has 146 valence electrons. The van der Waals surface area contributed by atoms with E-state index in [-0.39, 0.29) is 11.4 Å². The Morgan fingerprint density at radius 1 is 1.14 bits per heavy atom. The molecule has 3 rings (SSSR count). The lowest BCUT2D eigenvalue weighted by Gasteiger charge is -2.18. The van der Waals surface area contributed by atoms with Crippen LogP contribution in [0.3, 0.4) is 0 Å². The van der Waals surface area contributed by atoms with Crippen LogP contribution in [0.2, 0.25) is 0 Å². The van der Waals surface area contributed by atoms with Gasteiger partial charge in [-0.2, -0.15) is 5.10 Å². The summed E-state index contributed by atoms with van der Waals surface area (Å²) in [6.07, 6.45) is 1.25. The van der Waals surface area contributed by atoms with Crippen LogP contribution in [-0.2, 0) is 0 Å². The first kappa shape index (κ1) is 19.0. The van der Waals surface area contributed by atoms with Gasteiger partial charge >= 0.3 is 5.69 Å². The van der Waals surface area contributed by atoms with Crippen LogP contribution in [-0.4, -0.2) is 44.5 Å². The number of rotatable bonds is 6. The summed E-state index contributed by atoms with van der Waals surface area (Å²) >= 11 is 0. The molecule has 2 aromatic carbocycles. The molecule has 1 aliphatic rings. The maximum absolute atomic E-state index is 12.3. The van der Waals surface area contributed by atoms with E-state index in [9.17, 15) is 14.9 Å². The lowest BCUT2D eigenvalue weighted by atomic mass is 10.1. The molecule has 0 fully saturated rings. The van der Waals surface area contributed by atoms with Gasteiger partial charge in [0.2, 0.25) is 5.75 Å². The third-order valence-corrected chi connectivity index (χ3v) is 3.90. The molecule has 0 spiro atoms. The van der Waals surface area contributed by atoms with Crippen molar-refractivity contribution in [1.29, 1.82) is 0 Å². The number of nitro benzene ring substituents is 1. The van der Waals surface area contributed by atoms with Gasteiger partial charge in [-0.1, -0.05) is 0 Å². The van der Waals surface area contributed by atoms with Gasteiger partial charge in [-0.25, -0.2) is 5.43 Å². The van der Waals surface area contributed by atoms with Gasteiger partial charge in [0.25, 0.3) is 5.91 Å². The maximum atomic E-state index is 12.3. The number of ether oxygens (including phenoxy) is 4. The quantitative estimate of drug-likeness (QED) is 0.458. The van der Waals surface area contributed by atoms with Crippen molar-refractivity contribution in [3.05, 3.63) is 51.6 Å². The summed E-state index contributed by atoms with van der Waals surface area (Å²) in [6, 6.07) is 7.40. The number of nitro groups is 1. The summed E-state index contributed by atoms with van der Waals surface area (Å²) in [6.45, 7) is 0.866. The number of hydrogen-bond acceptors (Lipinski definition) is 8. The van der Waals surface area contributed by atoms with Gasteiger partial charge in [-0.3, -0.25) is 14.9 Å². The molecule has 10 nitrogen and oxygen atoms in total. The third-order valence-electron chi connectivity index (χ3n) is 3.90. The molecule has 1 N–H and O–H groups in total. The predicted octanol–water partition coefficient (Wildman–Crippen LogP) is 2.15. The molecule has 0 unspecified atom stereocenters. The largest absolute Gasteiger partial charge is 0.496 e. The number of carbonyl (C=O) groups excluding carboxylic acids is 1. The van der Waals surface area contributed by atoms with Gasteiger partial charge < -0.3 is 18.9 Å². The Labute approximate surface area is 159 Å². The highest BCUT2D eigenvalue weighted by Crippen LogP contribution is 2.33. The summed E-state index contributed by atoms with van der Waals surface area (Å²) < 4.78 is 21.0. The molecule has 0 aromatic heterocycles. The fourth-order valence-electron chi connectivity index (χ4n) is 2.56. The number of benzene rings is 2. The Morgan fingerprint density at radius 3 is 2.54 bits per heavy atom. The van der Waals surface area contributed by atoms with Gasteiger partial charge in [0.15, 0.2) is 11.5 Å². The first-order valence-corrected chi connectivity index (χ1v) is 8.17. The van der Waals surface area contributed by atoms with Crippen LogP contribution in [0.1, 0.15) is 15.9 Å². The second-order valence-corrected chi connectivity index (χ2v) is 5.58. The van der Waals surface area contributed by atoms with Crippen molar-refractivity contribution in [2.24, 2.45) is 5.10 Å². The number of methoxy groups -OCH3 is 2. The number of amides is 1. The highest BCUT2D eigenvalue weighted by atomic mass is 16.6. The Morgan fingerprint density at radius 2 is 1.86 bits per heavy atom. The van der Waals surface area contributed by atoms with Gasteiger partial charge in [0.1, 0.15) is 19.0 Å². The molecular formula is C18H17N3O7. The zero-order chi connectivity index (χ0) is 20.1. The average molecular weight is 387 g/mol. The topological polar surface area (TPSA) is 122 Å². The molecule has 28 heavy (non-hydrogen) atoms. The molecule has 10 heteroatoms. The number of hydrogen-bond donors (Lipinski definition) is 1. The molecule has 0 saturated carbocycles. The molecule has 0 saturated heterocycles. The summed E-state index contributed by atoms with van der Waals surface area (Å²) in [5, 5.41) is 15.0. The van der Waals surface area contributed by atoms with Crippen LogP contribution in [0.25, 0.3) is 0 Å². The molecule has 1 aliphatic heterocycles. The molecule has 0 atom stereocenters. The molecule has 0 aliphatic carbocycles. The zero-order valence-electron chi connectivity index (χ0n) is 15.1. The Kier molecular flexibility index (Phi) is 5.58. The van der Waals surface area contributed by atoms with Crippen molar-refractivity contribution < 1.29 is 28.7 Å². The number of hydrazone groups is 1. The highest BCUT2D eigenvalue weighted by molar-refractivity contribution is 5.96. The van der Waals surface area contributed by atoms with E-state index in [1.165, 1.54) is 32.6 Å². The molecule has 1 amide bonds. The second kappa shape index (κ2) is 8.25. The van der Waals surface area contributed by atoms with E-state index in [4.69, 9.17) is 18.9 Å². The monoisotopic (exact) mass is 387 g/mol. The highest BCUT2D eigenvalue weighted by Gasteiger charge is 2.19. The van der Waals surface area contributed by atoms with Gasteiger partial charge in [0.05, 0.1) is 25.4 Å². The summed E-state index contributed by atoms with van der Waals surface area (Å²) in [5.74, 6) is 0.936. The fraction of sp³-hybridized carbons (Fsp3) is 0.222. The van der Waals surface area contributed by atoms with Crippen molar-refractivity contribution in [1.82, 2.24) is 5.43 Å². The van der Waals surface area contributed by atoms with Crippen molar-refractivity contribution in [3.63, 3.8) is 0 Å². The van der Waals surface area contributed by atoms with E-state index < -0.39 is 10.8 Å². The molecule has 0 bridgehead atoms. The predicted molar refractivity (Wildman–Crippen MR) is 98.7 cm³/mol. The zero-order valence-corrected chi connectivity index (χ0v) is 15.1. The third kappa shape index (κ3) is 3.95. The van der Waals surface area contributed by atoms with Crippen LogP contribution < -0.4 is 24.4 Å². The molecule has 2 aromatic rings. The van der Waals surface area contributed by atoms with Crippen LogP contribution in [0.4, 0.5) is 5.69 Å². The summed E-state index contributed by atoms with van der Waals surface area (Å²) in [4.78, 5) is 22.9. The smallest absolute Gasteiger partial charge is 0.311 e. The average Bonchev–Trinajstić information content (AvgIpc) is 2.72. The summed E-state index contributed by atoms with van der Waals surface area (Å²) in [7, 11) is 2.73. The number of fused-ring (bicyclic) bond motifs is 1. The fourth-order valence-corrected chi connectivity index (χ4v) is 2.56. The van der Waals surface area contributed by atoms with E-state index in [2.05, 4.69) is 10.5 Å². The van der Waals surface area contributed by atoms with E-state index in [0.29, 0.717) is 41.6 Å². The normalized spacial score (nSPS) is 12.5. The number of carbonyl (C=O) groups is 1. The molecule has 1 heterocycles. The Bertz CT molecular complexity index is 943. The minimum Gasteiger partial charge on any atom is -0.496 e. The van der Waals surface area contributed by atoms with Crippen LogP contribution in [0.5, 0.6) is 23.0 Å². The molecular weight excluding hydrogens is 370 g/mol. The Hall–Kier alpha value is -3.82. The van der Waals surface area contributed by atoms with Crippen molar-refractivity contribution in [2.75, 3.05) is 27.4 Å². The van der Waals surface area contributed by atoms with Crippen LogP contribution in [0, 0.1) is 10.1 Å². The van der Waals surface area contributed by atoms with E-state index in [1.54, 1.807) is 18.2 Å². The lowest BCUT2D eigenvalue weighted by molar-refractivity contribution is -0.385. The first-order valence-electron chi connectivity index (χ1n) is 8.17. The van der Waals surface area contributed by atoms with E-state index in [1.807, 2.05) is 0 Å². The van der Waals surface area contributed by atoms with E-state index in [0.717, 1.165) is 0 Å². The van der Waals surface area contributed by atoms with Crippen LogP contribution >= 0.6 is 0 Å². The first-order chi connectivity index (χ1) is 13.5. The van der Waals surface area contributed by atoms with Gasteiger partial charge in [-0.05, 0) is 18.2 Å². The van der Waals surface area contributed by atoms with Gasteiger partial charge in [0, 0.05) is 23.3 Å². The van der Waals surface area contributed by atoms with Crippen LogP contribution in [0.15, 0.2) is 35.4 Å². The lowest BCUT2D eigenvalue weighted by Crippen LogP contribution is -2.19. The second-order valence-electron chi connectivity index (χ2n) is 5.58. The van der Waals surface area contributed by atoms with Crippen molar-refractivity contribution in [2.45, 2.75) is 0 Å². The minimum absolute atomic E-state index is 0.0549. The Balaban J connectivity index is 1.77. The maximum Gasteiger partial charge on any atom is 0.311 e.